The summed E-state index contributed by atoms with van der Waals surface area (Å²) in [7, 11) is 0. The maximum absolute atomic E-state index is 12.0. The Balaban J connectivity index is 0.000000181. The average molecular weight is 850 g/mol. The number of rotatable bonds is 8. The Bertz CT molecular complexity index is 2540. The average Bonchev–Trinajstić information content (AvgIpc) is 3.21. The molecule has 2 atom stereocenters. The number of halogens is 2. The summed E-state index contributed by atoms with van der Waals surface area (Å²) >= 11 is 12.0. The van der Waals surface area contributed by atoms with Gasteiger partial charge in [-0.05, 0) is 88.4 Å². The molecule has 16 heteroatoms. The quantitative estimate of drug-likeness (QED) is 0.105. The topological polar surface area (TPSA) is 219 Å². The van der Waals surface area contributed by atoms with Crippen molar-refractivity contribution in [1.29, 1.82) is 0 Å². The Kier molecular flexibility index (Phi) is 10.8. The Morgan fingerprint density at radius 3 is 1.07 bits per heavy atom. The first-order chi connectivity index (χ1) is 28.4. The fourth-order valence-corrected chi connectivity index (χ4v) is 7.45. The maximum Gasteiger partial charge on any atom is 0.335 e. The highest BCUT2D eigenvalue weighted by molar-refractivity contribution is 6.29. The van der Waals surface area contributed by atoms with Gasteiger partial charge in [0.05, 0.1) is 33.3 Å². The number of aliphatic carboxylic acids is 2. The van der Waals surface area contributed by atoms with Gasteiger partial charge in [0.15, 0.2) is 0 Å². The van der Waals surface area contributed by atoms with Crippen molar-refractivity contribution in [1.82, 2.24) is 19.9 Å². The molecular weight excluding hydrogens is 815 g/mol. The number of aromatic nitrogens is 4. The van der Waals surface area contributed by atoms with Gasteiger partial charge in [-0.3, -0.25) is 9.59 Å². The highest BCUT2D eigenvalue weighted by Crippen LogP contribution is 2.53. The highest BCUT2D eigenvalue weighted by atomic mass is 35.5. The second-order valence-electron chi connectivity index (χ2n) is 15.1. The van der Waals surface area contributed by atoms with E-state index in [1.54, 1.807) is 100 Å². The van der Waals surface area contributed by atoms with E-state index < -0.39 is 46.5 Å². The zero-order valence-corrected chi connectivity index (χ0v) is 33.7. The second kappa shape index (κ2) is 15.7. The zero-order chi connectivity index (χ0) is 43.3. The number of carboxylic acids is 4. The van der Waals surface area contributed by atoms with Crippen LogP contribution in [-0.4, -0.2) is 64.2 Å². The van der Waals surface area contributed by atoms with Gasteiger partial charge in [0, 0.05) is 45.2 Å². The summed E-state index contributed by atoms with van der Waals surface area (Å²) in [6.07, 6.45) is 0. The molecule has 4 aromatic heterocycles. The normalized spacial score (nSPS) is 15.0. The van der Waals surface area contributed by atoms with Crippen LogP contribution >= 0.6 is 23.2 Å². The number of benzene rings is 2. The first-order valence-electron chi connectivity index (χ1n) is 18.2. The number of fused-ring (bicyclic) bond motifs is 4. The van der Waals surface area contributed by atoms with E-state index in [-0.39, 0.29) is 45.0 Å². The summed E-state index contributed by atoms with van der Waals surface area (Å²) in [5.41, 5.74) is 3.05. The Hall–Kier alpha value is -6.90. The van der Waals surface area contributed by atoms with Gasteiger partial charge in [-0.1, -0.05) is 59.6 Å². The molecule has 304 valence electrons. The zero-order valence-electron chi connectivity index (χ0n) is 32.2. The van der Waals surface area contributed by atoms with Crippen LogP contribution in [0.4, 0.5) is 0 Å². The number of carboxylic acid groups (broad SMARTS) is 4. The summed E-state index contributed by atoms with van der Waals surface area (Å²) in [5, 5.41) is 38.3. The van der Waals surface area contributed by atoms with Crippen molar-refractivity contribution in [2.45, 2.75) is 39.5 Å². The standard InChI is InChI=1S/2C22H17ClN2O5/c2*1-22(2,21(28)29)17-13-7-9-15(11-3-5-12(6-4-11)20(26)27)24-18(13)30-19-14(17)8-10-16(23)25-19/h2*3-10,17H,1-2H3,(H,26,27)(H,28,29). The van der Waals surface area contributed by atoms with Crippen LogP contribution in [0.25, 0.3) is 22.5 Å². The van der Waals surface area contributed by atoms with E-state index in [9.17, 15) is 29.4 Å². The lowest BCUT2D eigenvalue weighted by Gasteiger charge is -2.35. The second-order valence-corrected chi connectivity index (χ2v) is 15.9. The maximum atomic E-state index is 12.0. The lowest BCUT2D eigenvalue weighted by atomic mass is 9.71. The van der Waals surface area contributed by atoms with Crippen LogP contribution < -0.4 is 9.47 Å². The number of pyridine rings is 4. The summed E-state index contributed by atoms with van der Waals surface area (Å²) in [4.78, 5) is 63.7. The number of hydrogen-bond donors (Lipinski definition) is 4. The van der Waals surface area contributed by atoms with Crippen molar-refractivity contribution >= 4 is 47.1 Å². The van der Waals surface area contributed by atoms with Crippen LogP contribution in [0.3, 0.4) is 0 Å². The number of nitrogens with zero attached hydrogens (tertiary/aromatic N) is 4. The van der Waals surface area contributed by atoms with Crippen molar-refractivity contribution in [3.8, 4) is 46.0 Å². The molecule has 0 aliphatic carbocycles. The third-order valence-electron chi connectivity index (χ3n) is 10.5. The van der Waals surface area contributed by atoms with E-state index in [2.05, 4.69) is 19.9 Å². The summed E-state index contributed by atoms with van der Waals surface area (Å²) < 4.78 is 11.8. The third-order valence-corrected chi connectivity index (χ3v) is 10.9. The molecule has 0 bridgehead atoms. The van der Waals surface area contributed by atoms with E-state index in [0.717, 1.165) is 0 Å². The predicted molar refractivity (Wildman–Crippen MR) is 218 cm³/mol. The minimum Gasteiger partial charge on any atom is -0.481 e. The van der Waals surface area contributed by atoms with Crippen LogP contribution in [0.2, 0.25) is 10.3 Å². The molecule has 0 saturated carbocycles. The van der Waals surface area contributed by atoms with Gasteiger partial charge >= 0.3 is 23.9 Å². The fourth-order valence-electron chi connectivity index (χ4n) is 7.17. The molecule has 2 aliphatic rings. The SMILES string of the molecule is CC(C)(C(=O)O)C1c2ccc(Cl)nc2Oc2nc(-c3ccc(C(=O)O)cc3)ccc21.CC(C)(C(=O)O)C1c2ccc(Cl)nc2Oc2nc(-c3ccc(C(=O)O)cc3)ccc21. The van der Waals surface area contributed by atoms with E-state index >= 15 is 0 Å². The summed E-state index contributed by atoms with van der Waals surface area (Å²) in [6, 6.07) is 26.3. The summed E-state index contributed by atoms with van der Waals surface area (Å²) in [6.45, 7) is 6.58. The molecule has 8 rings (SSSR count). The van der Waals surface area contributed by atoms with Crippen LogP contribution in [0, 0.1) is 10.8 Å². The van der Waals surface area contributed by atoms with Crippen LogP contribution in [0.1, 0.15) is 82.5 Å². The lowest BCUT2D eigenvalue weighted by Crippen LogP contribution is -2.34. The molecule has 14 nitrogen and oxygen atoms in total. The molecule has 0 spiro atoms. The largest absolute Gasteiger partial charge is 0.481 e. The number of ether oxygens (including phenoxy) is 2. The van der Waals surface area contributed by atoms with Gasteiger partial charge in [0.25, 0.3) is 0 Å². The lowest BCUT2D eigenvalue weighted by molar-refractivity contribution is -0.148. The van der Waals surface area contributed by atoms with Crippen LogP contribution in [0.15, 0.2) is 97.1 Å². The molecule has 0 amide bonds. The van der Waals surface area contributed by atoms with Crippen molar-refractivity contribution in [2.75, 3.05) is 0 Å². The number of aromatic carboxylic acids is 2. The fraction of sp³-hybridized carbons (Fsp3) is 0.182. The van der Waals surface area contributed by atoms with E-state index in [1.807, 2.05) is 0 Å². The van der Waals surface area contributed by atoms with Gasteiger partial charge in [-0.15, -0.1) is 0 Å². The van der Waals surface area contributed by atoms with Crippen molar-refractivity contribution in [3.05, 3.63) is 141 Å². The van der Waals surface area contributed by atoms with Crippen LogP contribution in [-0.2, 0) is 9.59 Å². The Labute approximate surface area is 352 Å². The molecule has 4 N–H and O–H groups in total. The predicted octanol–water partition coefficient (Wildman–Crippen LogP) is 9.69. The van der Waals surface area contributed by atoms with Crippen LogP contribution in [0.5, 0.6) is 23.5 Å². The van der Waals surface area contributed by atoms with Gasteiger partial charge in [-0.2, -0.15) is 0 Å². The first-order valence-corrected chi connectivity index (χ1v) is 19.0. The van der Waals surface area contributed by atoms with Gasteiger partial charge in [0.2, 0.25) is 23.5 Å². The molecule has 6 aromatic rings. The van der Waals surface area contributed by atoms with Gasteiger partial charge < -0.3 is 29.9 Å². The number of hydrogen-bond acceptors (Lipinski definition) is 10. The molecule has 2 aliphatic heterocycles. The smallest absolute Gasteiger partial charge is 0.335 e. The minimum atomic E-state index is -1.16. The van der Waals surface area contributed by atoms with Gasteiger partial charge in [-0.25, -0.2) is 29.5 Å². The molecular formula is C44H34Cl2N4O10. The molecule has 0 radical (unpaired) electrons. The first kappa shape index (κ1) is 41.3. The monoisotopic (exact) mass is 848 g/mol. The van der Waals surface area contributed by atoms with E-state index in [1.165, 1.54) is 24.3 Å². The Morgan fingerprint density at radius 1 is 0.467 bits per heavy atom. The molecule has 0 fully saturated rings. The minimum absolute atomic E-state index is 0.170. The van der Waals surface area contributed by atoms with E-state index in [4.69, 9.17) is 42.9 Å². The van der Waals surface area contributed by atoms with Crippen molar-refractivity contribution in [3.63, 3.8) is 0 Å². The number of carbonyl (C=O) groups is 4. The molecule has 60 heavy (non-hydrogen) atoms. The molecule has 2 aromatic carbocycles. The molecule has 6 heterocycles. The Morgan fingerprint density at radius 2 is 0.767 bits per heavy atom. The van der Waals surface area contributed by atoms with Gasteiger partial charge in [0.1, 0.15) is 10.3 Å². The van der Waals surface area contributed by atoms with E-state index in [0.29, 0.717) is 44.8 Å². The van der Waals surface area contributed by atoms with Crippen molar-refractivity contribution < 1.29 is 49.1 Å². The third kappa shape index (κ3) is 7.70. The van der Waals surface area contributed by atoms with Crippen molar-refractivity contribution in [2.24, 2.45) is 10.8 Å². The molecule has 2 unspecified atom stereocenters. The highest BCUT2D eigenvalue weighted by Gasteiger charge is 2.46. The summed E-state index contributed by atoms with van der Waals surface area (Å²) in [5.74, 6) is -4.11. The molecule has 0 saturated heterocycles.